The van der Waals surface area contributed by atoms with Gasteiger partial charge in [0.1, 0.15) is 0 Å². The van der Waals surface area contributed by atoms with E-state index in [1.54, 1.807) is 0 Å². The molecule has 1 fully saturated rings. The number of hydrogen-bond acceptors (Lipinski definition) is 3. The van der Waals surface area contributed by atoms with Crippen molar-refractivity contribution < 1.29 is 8.42 Å². The molecule has 1 aromatic rings. The summed E-state index contributed by atoms with van der Waals surface area (Å²) in [7, 11) is -3.20. The van der Waals surface area contributed by atoms with Crippen molar-refractivity contribution in [3.63, 3.8) is 0 Å². The fraction of sp³-hybridized carbons (Fsp3) is 0.455. The molecule has 1 aliphatic heterocycles. The van der Waals surface area contributed by atoms with Crippen LogP contribution in [0, 0.1) is 0 Å². The molecule has 1 saturated heterocycles. The SMILES string of the molecule is O=S1(=O)CCNCCCN1c1cccc(Br)c1. The summed E-state index contributed by atoms with van der Waals surface area (Å²) in [6, 6.07) is 7.41. The Morgan fingerprint density at radius 2 is 2.12 bits per heavy atom. The van der Waals surface area contributed by atoms with Crippen LogP contribution in [0.2, 0.25) is 0 Å². The molecule has 1 heterocycles. The van der Waals surface area contributed by atoms with Crippen LogP contribution in [0.4, 0.5) is 5.69 Å². The highest BCUT2D eigenvalue weighted by molar-refractivity contribution is 9.10. The summed E-state index contributed by atoms with van der Waals surface area (Å²) in [5.74, 6) is 0.152. The fourth-order valence-corrected chi connectivity index (χ4v) is 3.70. The van der Waals surface area contributed by atoms with Crippen molar-refractivity contribution in [3.05, 3.63) is 28.7 Å². The van der Waals surface area contributed by atoms with Gasteiger partial charge in [-0.15, -0.1) is 0 Å². The average molecular weight is 319 g/mol. The normalized spacial score (nSPS) is 20.6. The van der Waals surface area contributed by atoms with Crippen LogP contribution < -0.4 is 9.62 Å². The highest BCUT2D eigenvalue weighted by atomic mass is 79.9. The Bertz CT molecular complexity index is 490. The van der Waals surface area contributed by atoms with Crippen LogP contribution in [0.5, 0.6) is 0 Å². The molecule has 0 radical (unpaired) electrons. The van der Waals surface area contributed by atoms with Crippen molar-refractivity contribution in [2.45, 2.75) is 6.42 Å². The van der Waals surface area contributed by atoms with Gasteiger partial charge in [0.25, 0.3) is 0 Å². The second-order valence-corrected chi connectivity index (χ2v) is 6.90. The van der Waals surface area contributed by atoms with Gasteiger partial charge in [0.15, 0.2) is 0 Å². The second kappa shape index (κ2) is 5.37. The Morgan fingerprint density at radius 3 is 2.88 bits per heavy atom. The van der Waals surface area contributed by atoms with Gasteiger partial charge < -0.3 is 5.32 Å². The van der Waals surface area contributed by atoms with Crippen LogP contribution in [0.15, 0.2) is 28.7 Å². The predicted molar refractivity (Wildman–Crippen MR) is 72.8 cm³/mol. The Balaban J connectivity index is 2.32. The van der Waals surface area contributed by atoms with Gasteiger partial charge >= 0.3 is 0 Å². The van der Waals surface area contributed by atoms with Crippen LogP contribution in [0.1, 0.15) is 6.42 Å². The van der Waals surface area contributed by atoms with Gasteiger partial charge in [0, 0.05) is 17.6 Å². The third kappa shape index (κ3) is 3.20. The van der Waals surface area contributed by atoms with E-state index in [-0.39, 0.29) is 5.75 Å². The molecule has 17 heavy (non-hydrogen) atoms. The lowest BCUT2D eigenvalue weighted by Crippen LogP contribution is -2.41. The Kier molecular flexibility index (Phi) is 4.06. The van der Waals surface area contributed by atoms with E-state index in [2.05, 4.69) is 21.2 Å². The first-order valence-electron chi connectivity index (χ1n) is 5.56. The summed E-state index contributed by atoms with van der Waals surface area (Å²) >= 11 is 3.37. The van der Waals surface area contributed by atoms with E-state index < -0.39 is 10.0 Å². The number of anilines is 1. The molecule has 6 heteroatoms. The number of nitrogens with zero attached hydrogens (tertiary/aromatic N) is 1. The third-order valence-electron chi connectivity index (χ3n) is 2.68. The van der Waals surface area contributed by atoms with Gasteiger partial charge in [-0.3, -0.25) is 4.31 Å². The molecule has 0 aromatic heterocycles. The van der Waals surface area contributed by atoms with Crippen molar-refractivity contribution in [2.75, 3.05) is 29.7 Å². The van der Waals surface area contributed by atoms with E-state index in [9.17, 15) is 8.42 Å². The van der Waals surface area contributed by atoms with Crippen LogP contribution in [0.25, 0.3) is 0 Å². The molecule has 1 aromatic carbocycles. The Labute approximate surface area is 110 Å². The lowest BCUT2D eigenvalue weighted by atomic mass is 10.3. The number of hydrogen-bond donors (Lipinski definition) is 1. The monoisotopic (exact) mass is 318 g/mol. The zero-order valence-electron chi connectivity index (χ0n) is 9.39. The highest BCUT2D eigenvalue weighted by Gasteiger charge is 2.23. The first kappa shape index (κ1) is 12.9. The molecule has 0 atom stereocenters. The summed E-state index contributed by atoms with van der Waals surface area (Å²) in [5.41, 5.74) is 0.737. The minimum absolute atomic E-state index is 0.152. The summed E-state index contributed by atoms with van der Waals surface area (Å²) in [6.07, 6.45) is 0.825. The van der Waals surface area contributed by atoms with E-state index in [0.29, 0.717) is 13.1 Å². The molecule has 1 N–H and O–H groups in total. The molecule has 0 amide bonds. The molecule has 0 unspecified atom stereocenters. The van der Waals surface area contributed by atoms with Gasteiger partial charge in [0.05, 0.1) is 11.4 Å². The van der Waals surface area contributed by atoms with Gasteiger partial charge in [-0.25, -0.2) is 8.42 Å². The minimum atomic E-state index is -3.20. The average Bonchev–Trinajstić information content (AvgIpc) is 2.25. The molecule has 0 spiro atoms. The van der Waals surface area contributed by atoms with Crippen LogP contribution >= 0.6 is 15.9 Å². The van der Waals surface area contributed by atoms with Gasteiger partial charge in [0.2, 0.25) is 10.0 Å². The molecule has 4 nitrogen and oxygen atoms in total. The standard InChI is InChI=1S/C11H15BrN2O2S/c12-10-3-1-4-11(9-10)14-7-2-5-13-6-8-17(14,15)16/h1,3-4,9,13H,2,5-8H2. The van der Waals surface area contributed by atoms with Crippen LogP contribution in [-0.4, -0.2) is 33.8 Å². The predicted octanol–water partition coefficient (Wildman–Crippen LogP) is 1.58. The van der Waals surface area contributed by atoms with E-state index in [0.717, 1.165) is 23.1 Å². The zero-order chi connectivity index (χ0) is 12.3. The van der Waals surface area contributed by atoms with Gasteiger partial charge in [-0.2, -0.15) is 0 Å². The maximum atomic E-state index is 12.1. The lowest BCUT2D eigenvalue weighted by molar-refractivity contribution is 0.572. The van der Waals surface area contributed by atoms with Crippen molar-refractivity contribution >= 4 is 31.6 Å². The molecule has 1 aliphatic rings. The number of rotatable bonds is 1. The smallest absolute Gasteiger partial charge is 0.236 e. The number of benzene rings is 1. The molecule has 2 rings (SSSR count). The first-order valence-corrected chi connectivity index (χ1v) is 7.96. The summed E-state index contributed by atoms with van der Waals surface area (Å²) in [6.45, 7) is 1.92. The summed E-state index contributed by atoms with van der Waals surface area (Å²) in [5, 5.41) is 3.11. The number of sulfonamides is 1. The van der Waals surface area contributed by atoms with E-state index in [1.807, 2.05) is 24.3 Å². The topological polar surface area (TPSA) is 49.4 Å². The molecule has 0 bridgehead atoms. The third-order valence-corrected chi connectivity index (χ3v) is 4.96. The van der Waals surface area contributed by atoms with Crippen molar-refractivity contribution in [2.24, 2.45) is 0 Å². The zero-order valence-corrected chi connectivity index (χ0v) is 11.8. The maximum Gasteiger partial charge on any atom is 0.236 e. The van der Waals surface area contributed by atoms with Crippen molar-refractivity contribution in [1.82, 2.24) is 5.32 Å². The number of halogens is 1. The second-order valence-electron chi connectivity index (χ2n) is 3.97. The van der Waals surface area contributed by atoms with Crippen molar-refractivity contribution in [1.29, 1.82) is 0 Å². The number of nitrogens with one attached hydrogen (secondary N) is 1. The summed E-state index contributed by atoms with van der Waals surface area (Å²) < 4.78 is 26.7. The van der Waals surface area contributed by atoms with Crippen molar-refractivity contribution in [3.8, 4) is 0 Å². The van der Waals surface area contributed by atoms with E-state index in [4.69, 9.17) is 0 Å². The van der Waals surface area contributed by atoms with Gasteiger partial charge in [-0.05, 0) is 31.2 Å². The molecule has 0 aliphatic carbocycles. The fourth-order valence-electron chi connectivity index (χ4n) is 1.84. The Hall–Kier alpha value is -0.590. The van der Waals surface area contributed by atoms with Gasteiger partial charge in [-0.1, -0.05) is 22.0 Å². The van der Waals surface area contributed by atoms with E-state index in [1.165, 1.54) is 4.31 Å². The highest BCUT2D eigenvalue weighted by Crippen LogP contribution is 2.23. The quantitative estimate of drug-likeness (QED) is 0.855. The molecule has 0 saturated carbocycles. The Morgan fingerprint density at radius 1 is 1.29 bits per heavy atom. The van der Waals surface area contributed by atoms with E-state index >= 15 is 0 Å². The molecular weight excluding hydrogens is 304 g/mol. The van der Waals surface area contributed by atoms with Crippen LogP contribution in [0.3, 0.4) is 0 Å². The molecular formula is C11H15BrN2O2S. The molecule has 94 valence electrons. The van der Waals surface area contributed by atoms with Crippen LogP contribution in [-0.2, 0) is 10.0 Å². The minimum Gasteiger partial charge on any atom is -0.316 e. The summed E-state index contributed by atoms with van der Waals surface area (Å²) in [4.78, 5) is 0. The first-order chi connectivity index (χ1) is 8.09. The maximum absolute atomic E-state index is 12.1. The largest absolute Gasteiger partial charge is 0.316 e. The lowest BCUT2D eigenvalue weighted by Gasteiger charge is -2.26.